The predicted octanol–water partition coefficient (Wildman–Crippen LogP) is 2.91. The zero-order valence-electron chi connectivity index (χ0n) is 9.62. The Morgan fingerprint density at radius 3 is 2.61 bits per heavy atom. The fourth-order valence-electron chi connectivity index (χ4n) is 1.74. The molecule has 0 radical (unpaired) electrons. The number of ether oxygens (including phenoxy) is 2. The van der Waals surface area contributed by atoms with Crippen LogP contribution in [0.3, 0.4) is 0 Å². The van der Waals surface area contributed by atoms with E-state index in [1.807, 2.05) is 0 Å². The Hall–Kier alpha value is -0.970. The van der Waals surface area contributed by atoms with Gasteiger partial charge in [0, 0.05) is 12.8 Å². The van der Waals surface area contributed by atoms with Gasteiger partial charge in [0.05, 0.1) is 34.5 Å². The van der Waals surface area contributed by atoms with E-state index >= 15 is 0 Å². The second-order valence-electron chi connectivity index (χ2n) is 4.08. The number of nitrogen functional groups attached to an aromatic ring is 1. The van der Waals surface area contributed by atoms with Crippen molar-refractivity contribution in [3.8, 4) is 0 Å². The van der Waals surface area contributed by atoms with Crippen LogP contribution in [0.5, 0.6) is 0 Å². The molecule has 0 spiro atoms. The summed E-state index contributed by atoms with van der Waals surface area (Å²) in [6.45, 7) is 1.23. The number of carbonyl (C=O) groups is 1. The van der Waals surface area contributed by atoms with E-state index in [1.165, 1.54) is 12.1 Å². The Morgan fingerprint density at radius 1 is 1.33 bits per heavy atom. The van der Waals surface area contributed by atoms with Crippen LogP contribution in [0.2, 0.25) is 10.0 Å². The van der Waals surface area contributed by atoms with Crippen LogP contribution in [0.15, 0.2) is 12.1 Å². The van der Waals surface area contributed by atoms with Crippen molar-refractivity contribution in [2.75, 3.05) is 18.9 Å². The number of carbonyl (C=O) groups excluding carboxylic acids is 1. The summed E-state index contributed by atoms with van der Waals surface area (Å²) in [6, 6.07) is 2.93. The molecule has 1 saturated heterocycles. The van der Waals surface area contributed by atoms with Crippen LogP contribution in [-0.4, -0.2) is 25.3 Å². The summed E-state index contributed by atoms with van der Waals surface area (Å²) in [4.78, 5) is 11.9. The van der Waals surface area contributed by atoms with Crippen molar-refractivity contribution in [2.45, 2.75) is 18.9 Å². The van der Waals surface area contributed by atoms with Gasteiger partial charge in [0.1, 0.15) is 6.10 Å². The van der Waals surface area contributed by atoms with Crippen molar-refractivity contribution in [3.63, 3.8) is 0 Å². The van der Waals surface area contributed by atoms with Crippen LogP contribution in [-0.2, 0) is 9.47 Å². The van der Waals surface area contributed by atoms with Crippen molar-refractivity contribution >= 4 is 34.9 Å². The summed E-state index contributed by atoms with van der Waals surface area (Å²) < 4.78 is 10.5. The normalized spacial score (nSPS) is 16.6. The van der Waals surface area contributed by atoms with Gasteiger partial charge >= 0.3 is 5.97 Å². The maximum Gasteiger partial charge on any atom is 0.338 e. The number of nitrogens with two attached hydrogens (primary N) is 1. The summed E-state index contributed by atoms with van der Waals surface area (Å²) in [6.07, 6.45) is 1.31. The van der Waals surface area contributed by atoms with Gasteiger partial charge in [-0.1, -0.05) is 23.2 Å². The molecule has 2 N–H and O–H groups in total. The number of benzene rings is 1. The molecule has 0 saturated carbocycles. The van der Waals surface area contributed by atoms with Gasteiger partial charge in [0.25, 0.3) is 0 Å². The molecule has 0 atom stereocenters. The van der Waals surface area contributed by atoms with Crippen molar-refractivity contribution in [1.82, 2.24) is 0 Å². The highest BCUT2D eigenvalue weighted by molar-refractivity contribution is 6.43. The third-order valence-corrected chi connectivity index (χ3v) is 3.55. The van der Waals surface area contributed by atoms with Gasteiger partial charge in [-0.05, 0) is 12.1 Å². The average molecular weight is 290 g/mol. The van der Waals surface area contributed by atoms with Crippen LogP contribution in [0.4, 0.5) is 5.69 Å². The molecule has 1 aliphatic rings. The quantitative estimate of drug-likeness (QED) is 0.672. The molecule has 0 unspecified atom stereocenters. The number of hydrogen-bond donors (Lipinski definition) is 1. The average Bonchev–Trinajstić information content (AvgIpc) is 2.36. The molecule has 0 amide bonds. The summed E-state index contributed by atoms with van der Waals surface area (Å²) in [5.41, 5.74) is 6.23. The lowest BCUT2D eigenvalue weighted by Gasteiger charge is -2.22. The van der Waals surface area contributed by atoms with E-state index in [0.29, 0.717) is 31.6 Å². The van der Waals surface area contributed by atoms with Crippen LogP contribution in [0, 0.1) is 0 Å². The van der Waals surface area contributed by atoms with Crippen molar-refractivity contribution in [1.29, 1.82) is 0 Å². The zero-order valence-corrected chi connectivity index (χ0v) is 11.1. The number of rotatable bonds is 2. The highest BCUT2D eigenvalue weighted by Gasteiger charge is 2.20. The topological polar surface area (TPSA) is 61.6 Å². The molecule has 0 bridgehead atoms. The van der Waals surface area contributed by atoms with E-state index in [2.05, 4.69) is 0 Å². The van der Waals surface area contributed by atoms with E-state index in [-0.39, 0.29) is 21.8 Å². The predicted molar refractivity (Wildman–Crippen MR) is 70.1 cm³/mol. The highest BCUT2D eigenvalue weighted by Crippen LogP contribution is 2.30. The first-order chi connectivity index (χ1) is 8.58. The van der Waals surface area contributed by atoms with E-state index in [4.69, 9.17) is 38.4 Å². The number of esters is 1. The van der Waals surface area contributed by atoms with Crippen molar-refractivity contribution in [3.05, 3.63) is 27.7 Å². The lowest BCUT2D eigenvalue weighted by Crippen LogP contribution is -2.26. The molecule has 1 heterocycles. The number of halogens is 2. The Labute approximate surface area is 115 Å². The molecule has 0 aromatic heterocycles. The molecular formula is C12H13Cl2NO3. The van der Waals surface area contributed by atoms with Crippen LogP contribution in [0.25, 0.3) is 0 Å². The number of anilines is 1. The Bertz CT molecular complexity index is 436. The first-order valence-corrected chi connectivity index (χ1v) is 6.37. The molecule has 0 aliphatic carbocycles. The minimum atomic E-state index is -0.438. The summed E-state index contributed by atoms with van der Waals surface area (Å²) >= 11 is 11.7. The first kappa shape index (κ1) is 13.5. The third-order valence-electron chi connectivity index (χ3n) is 2.73. The monoisotopic (exact) mass is 289 g/mol. The van der Waals surface area contributed by atoms with Gasteiger partial charge in [-0.2, -0.15) is 0 Å². The maximum atomic E-state index is 11.9. The van der Waals surface area contributed by atoms with Crippen molar-refractivity contribution < 1.29 is 14.3 Å². The minimum Gasteiger partial charge on any atom is -0.459 e. The van der Waals surface area contributed by atoms with Gasteiger partial charge in [-0.25, -0.2) is 4.79 Å². The lowest BCUT2D eigenvalue weighted by molar-refractivity contribution is -0.0159. The van der Waals surface area contributed by atoms with Crippen LogP contribution >= 0.6 is 23.2 Å². The molecule has 1 aromatic rings. The Kier molecular flexibility index (Phi) is 4.32. The van der Waals surface area contributed by atoms with E-state index in [1.54, 1.807) is 0 Å². The SMILES string of the molecule is Nc1cc(C(=O)OC2CCOCC2)cc(Cl)c1Cl. The molecule has 98 valence electrons. The molecule has 4 nitrogen and oxygen atoms in total. The van der Waals surface area contributed by atoms with E-state index in [0.717, 1.165) is 0 Å². The molecule has 18 heavy (non-hydrogen) atoms. The van der Waals surface area contributed by atoms with Crippen molar-refractivity contribution in [2.24, 2.45) is 0 Å². The minimum absolute atomic E-state index is 0.109. The molecule has 2 rings (SSSR count). The summed E-state index contributed by atoms with van der Waals surface area (Å²) in [5, 5.41) is 0.495. The van der Waals surface area contributed by atoms with Gasteiger partial charge in [0.2, 0.25) is 0 Å². The molecule has 1 aliphatic heterocycles. The van der Waals surface area contributed by atoms with Crippen LogP contribution < -0.4 is 5.73 Å². The van der Waals surface area contributed by atoms with E-state index in [9.17, 15) is 4.79 Å². The third kappa shape index (κ3) is 3.07. The molecule has 6 heteroatoms. The van der Waals surface area contributed by atoms with Crippen LogP contribution in [0.1, 0.15) is 23.2 Å². The smallest absolute Gasteiger partial charge is 0.338 e. The zero-order chi connectivity index (χ0) is 13.1. The highest BCUT2D eigenvalue weighted by atomic mass is 35.5. The summed E-state index contributed by atoms with van der Waals surface area (Å²) in [5.74, 6) is -0.438. The fourth-order valence-corrected chi connectivity index (χ4v) is 2.08. The Balaban J connectivity index is 2.08. The lowest BCUT2D eigenvalue weighted by atomic mass is 10.1. The second-order valence-corrected chi connectivity index (χ2v) is 4.86. The maximum absolute atomic E-state index is 11.9. The largest absolute Gasteiger partial charge is 0.459 e. The molecular weight excluding hydrogens is 277 g/mol. The standard InChI is InChI=1S/C12H13Cl2NO3/c13-9-5-7(6-10(15)11(9)14)12(16)18-8-1-3-17-4-2-8/h5-6,8H,1-4,15H2. The summed E-state index contributed by atoms with van der Waals surface area (Å²) in [7, 11) is 0. The van der Waals surface area contributed by atoms with Gasteiger partial charge < -0.3 is 15.2 Å². The Morgan fingerprint density at radius 2 is 2.00 bits per heavy atom. The molecule has 1 aromatic carbocycles. The van der Waals surface area contributed by atoms with Gasteiger partial charge in [0.15, 0.2) is 0 Å². The van der Waals surface area contributed by atoms with E-state index < -0.39 is 5.97 Å². The second kappa shape index (κ2) is 5.78. The van der Waals surface area contributed by atoms with Gasteiger partial charge in [-0.15, -0.1) is 0 Å². The fraction of sp³-hybridized carbons (Fsp3) is 0.417. The van der Waals surface area contributed by atoms with Gasteiger partial charge in [-0.3, -0.25) is 0 Å². The first-order valence-electron chi connectivity index (χ1n) is 5.61. The number of hydrogen-bond acceptors (Lipinski definition) is 4. The molecule has 1 fully saturated rings.